The van der Waals surface area contributed by atoms with E-state index in [1.54, 1.807) is 0 Å². The van der Waals surface area contributed by atoms with Gasteiger partial charge in [0.2, 0.25) is 11.6 Å². The molecule has 146 valence electrons. The van der Waals surface area contributed by atoms with Crippen LogP contribution in [0.5, 0.6) is 0 Å². The molecule has 2 atom stereocenters. The molecule has 2 N–H and O–H groups in total. The molecule has 0 radical (unpaired) electrons. The van der Waals surface area contributed by atoms with E-state index < -0.39 is 11.6 Å². The third-order valence-electron chi connectivity index (χ3n) is 4.21. The molecule has 0 aliphatic rings. The highest BCUT2D eigenvalue weighted by atomic mass is 35.5. The molecule has 0 aliphatic heterocycles. The largest absolute Gasteiger partial charge is 0.249 e. The van der Waals surface area contributed by atoms with Gasteiger partial charge < -0.3 is 0 Å². The minimum absolute atomic E-state index is 0.204. The van der Waals surface area contributed by atoms with Crippen LogP contribution in [0, 0.1) is 11.8 Å². The highest BCUT2D eigenvalue weighted by molar-refractivity contribution is 6.18. The fraction of sp³-hybridized carbons (Fsp3) is 1.00. The smallest absolute Gasteiger partial charge is 0.236 e. The Morgan fingerprint density at radius 1 is 0.708 bits per heavy atom. The molecule has 0 bridgehead atoms. The van der Waals surface area contributed by atoms with Crippen molar-refractivity contribution in [3.8, 4) is 0 Å². The molecule has 2 unspecified atom stereocenters. The molecular formula is C16H32Cl2O6. The molecule has 0 heterocycles. The van der Waals surface area contributed by atoms with Gasteiger partial charge in [-0.15, -0.1) is 23.2 Å². The fourth-order valence-corrected chi connectivity index (χ4v) is 2.64. The standard InChI is InChI=1S/C16H32Cl2O6/c1-13(2)15(21-19,9-5-7-11-17)23-24-16(22-20,14(3)4)10-6-8-12-18/h13-14,19-20H,5-12H2,1-4H3. The summed E-state index contributed by atoms with van der Waals surface area (Å²) in [5, 5.41) is 18.8. The van der Waals surface area contributed by atoms with Gasteiger partial charge in [0, 0.05) is 36.4 Å². The second-order valence-corrected chi connectivity index (χ2v) is 7.33. The molecule has 0 aromatic carbocycles. The van der Waals surface area contributed by atoms with E-state index in [0.717, 1.165) is 12.8 Å². The summed E-state index contributed by atoms with van der Waals surface area (Å²) in [7, 11) is 0. The van der Waals surface area contributed by atoms with Crippen LogP contribution in [0.4, 0.5) is 0 Å². The quantitative estimate of drug-likeness (QED) is 0.127. The summed E-state index contributed by atoms with van der Waals surface area (Å²) in [4.78, 5) is 20.3. The second kappa shape index (κ2) is 12.7. The number of unbranched alkanes of at least 4 members (excludes halogenated alkanes) is 2. The van der Waals surface area contributed by atoms with E-state index in [2.05, 4.69) is 9.78 Å². The van der Waals surface area contributed by atoms with Crippen LogP contribution >= 0.6 is 23.2 Å². The van der Waals surface area contributed by atoms with E-state index >= 15 is 0 Å². The Morgan fingerprint density at radius 3 is 1.25 bits per heavy atom. The summed E-state index contributed by atoms with van der Waals surface area (Å²) in [5.41, 5.74) is 0. The van der Waals surface area contributed by atoms with Crippen molar-refractivity contribution in [2.75, 3.05) is 11.8 Å². The first-order valence-corrected chi connectivity index (χ1v) is 9.55. The zero-order valence-electron chi connectivity index (χ0n) is 15.1. The van der Waals surface area contributed by atoms with Crippen molar-refractivity contribution >= 4 is 23.2 Å². The van der Waals surface area contributed by atoms with Gasteiger partial charge in [0.05, 0.1) is 0 Å². The Bertz CT molecular complexity index is 289. The first kappa shape index (κ1) is 24.3. The zero-order chi connectivity index (χ0) is 18.6. The lowest BCUT2D eigenvalue weighted by Crippen LogP contribution is -2.47. The van der Waals surface area contributed by atoms with Gasteiger partial charge in [-0.3, -0.25) is 0 Å². The zero-order valence-corrected chi connectivity index (χ0v) is 16.6. The third-order valence-corrected chi connectivity index (χ3v) is 4.74. The van der Waals surface area contributed by atoms with Crippen LogP contribution < -0.4 is 0 Å². The summed E-state index contributed by atoms with van der Waals surface area (Å²) in [6.45, 7) is 7.35. The molecule has 0 aromatic rings. The molecular weight excluding hydrogens is 359 g/mol. The normalized spacial score (nSPS) is 17.2. The maximum Gasteiger partial charge on any atom is 0.236 e. The topological polar surface area (TPSA) is 77.4 Å². The molecule has 6 nitrogen and oxygen atoms in total. The SMILES string of the molecule is CC(C)C(CCCCCl)(OO)OOC(CCCCCl)(OO)C(C)C. The Hall–Kier alpha value is 0.340. The van der Waals surface area contributed by atoms with Gasteiger partial charge in [-0.05, 0) is 25.7 Å². The van der Waals surface area contributed by atoms with E-state index in [9.17, 15) is 10.5 Å². The maximum absolute atomic E-state index is 9.41. The summed E-state index contributed by atoms with van der Waals surface area (Å²) < 4.78 is 0. The van der Waals surface area contributed by atoms with E-state index in [1.165, 1.54) is 0 Å². The van der Waals surface area contributed by atoms with Crippen LogP contribution in [-0.4, -0.2) is 33.8 Å². The van der Waals surface area contributed by atoms with E-state index in [-0.39, 0.29) is 11.8 Å². The van der Waals surface area contributed by atoms with Crippen molar-refractivity contribution < 1.29 is 30.1 Å². The lowest BCUT2D eigenvalue weighted by Gasteiger charge is -2.38. The van der Waals surface area contributed by atoms with Crippen LogP contribution in [0.3, 0.4) is 0 Å². The highest BCUT2D eigenvalue weighted by Crippen LogP contribution is 2.35. The number of hydrogen-bond acceptors (Lipinski definition) is 6. The predicted octanol–water partition coefficient (Wildman–Crippen LogP) is 5.44. The van der Waals surface area contributed by atoms with E-state index in [4.69, 9.17) is 33.0 Å². The number of halogens is 2. The number of rotatable bonds is 15. The second-order valence-electron chi connectivity index (χ2n) is 6.57. The lowest BCUT2D eigenvalue weighted by molar-refractivity contribution is -0.585. The Balaban J connectivity index is 5.07. The number of hydrogen-bond donors (Lipinski definition) is 2. The van der Waals surface area contributed by atoms with Crippen LogP contribution in [0.1, 0.15) is 66.2 Å². The van der Waals surface area contributed by atoms with Crippen LogP contribution in [0.15, 0.2) is 0 Å². The van der Waals surface area contributed by atoms with Gasteiger partial charge in [-0.1, -0.05) is 27.7 Å². The molecule has 0 rings (SSSR count). The number of alkyl halides is 2. The Labute approximate surface area is 155 Å². The van der Waals surface area contributed by atoms with Crippen molar-refractivity contribution in [1.82, 2.24) is 0 Å². The van der Waals surface area contributed by atoms with Crippen molar-refractivity contribution in [2.45, 2.75) is 77.8 Å². The monoisotopic (exact) mass is 390 g/mol. The summed E-state index contributed by atoms with van der Waals surface area (Å²) in [5.74, 6) is -2.12. The van der Waals surface area contributed by atoms with Crippen molar-refractivity contribution in [3.05, 3.63) is 0 Å². The lowest BCUT2D eigenvalue weighted by atomic mass is 9.96. The Kier molecular flexibility index (Phi) is 12.8. The van der Waals surface area contributed by atoms with Gasteiger partial charge in [-0.2, -0.15) is 9.78 Å². The molecule has 0 aliphatic carbocycles. The van der Waals surface area contributed by atoms with Crippen LogP contribution in [0.2, 0.25) is 0 Å². The van der Waals surface area contributed by atoms with Gasteiger partial charge in [-0.25, -0.2) is 20.3 Å². The molecule has 0 aromatic heterocycles. The molecule has 24 heavy (non-hydrogen) atoms. The van der Waals surface area contributed by atoms with Crippen molar-refractivity contribution in [2.24, 2.45) is 11.8 Å². The molecule has 8 heteroatoms. The summed E-state index contributed by atoms with van der Waals surface area (Å²) in [6, 6.07) is 0. The predicted molar refractivity (Wildman–Crippen MR) is 93.9 cm³/mol. The average molecular weight is 391 g/mol. The summed E-state index contributed by atoms with van der Waals surface area (Å²) in [6.07, 6.45) is 3.65. The summed E-state index contributed by atoms with van der Waals surface area (Å²) >= 11 is 11.4. The van der Waals surface area contributed by atoms with Crippen LogP contribution in [0.25, 0.3) is 0 Å². The first-order chi connectivity index (χ1) is 11.3. The molecule has 0 saturated carbocycles. The third kappa shape index (κ3) is 7.30. The minimum atomic E-state index is -1.36. The van der Waals surface area contributed by atoms with Gasteiger partial charge in [0.25, 0.3) is 0 Å². The fourth-order valence-electron chi connectivity index (χ4n) is 2.26. The van der Waals surface area contributed by atoms with Gasteiger partial charge >= 0.3 is 0 Å². The maximum atomic E-state index is 9.41. The van der Waals surface area contributed by atoms with Crippen molar-refractivity contribution in [3.63, 3.8) is 0 Å². The molecule has 0 spiro atoms. The van der Waals surface area contributed by atoms with Gasteiger partial charge in [0.15, 0.2) is 0 Å². The Morgan fingerprint density at radius 2 is 1.04 bits per heavy atom. The first-order valence-electron chi connectivity index (χ1n) is 8.48. The molecule has 0 amide bonds. The highest BCUT2D eigenvalue weighted by Gasteiger charge is 2.44. The minimum Gasteiger partial charge on any atom is -0.249 e. The molecule has 0 fully saturated rings. The van der Waals surface area contributed by atoms with Crippen LogP contribution in [-0.2, 0) is 19.6 Å². The van der Waals surface area contributed by atoms with E-state index in [1.807, 2.05) is 27.7 Å². The van der Waals surface area contributed by atoms with Gasteiger partial charge in [0.1, 0.15) is 0 Å². The van der Waals surface area contributed by atoms with Crippen molar-refractivity contribution in [1.29, 1.82) is 0 Å². The average Bonchev–Trinajstić information content (AvgIpc) is 2.56. The molecule has 0 saturated heterocycles. The van der Waals surface area contributed by atoms with E-state index in [0.29, 0.717) is 37.4 Å².